The smallest absolute Gasteiger partial charge is 0.500 e. The largest absolute Gasteiger partial charge is 3.00 e. The van der Waals surface area contributed by atoms with Crippen LogP contribution in [0, 0.1) is 43.4 Å². The summed E-state index contributed by atoms with van der Waals surface area (Å²) in [4.78, 5) is 13.3. The molecule has 0 aliphatic heterocycles. The number of fused-ring (bicyclic) bond motifs is 3. The van der Waals surface area contributed by atoms with Crippen molar-refractivity contribution in [3.8, 4) is 39.8 Å². The van der Waals surface area contributed by atoms with E-state index in [2.05, 4.69) is 39.2 Å². The van der Waals surface area contributed by atoms with Crippen LogP contribution in [-0.2, 0) is 58.3 Å². The van der Waals surface area contributed by atoms with Crippen LogP contribution < -0.4 is 0 Å². The molecule has 0 spiro atoms. The van der Waals surface area contributed by atoms with Gasteiger partial charge in [-0.05, 0) is 109 Å². The van der Waals surface area contributed by atoms with Gasteiger partial charge in [-0.25, -0.2) is 0 Å². The third kappa shape index (κ3) is 8.75. The number of hydrogen-bond donors (Lipinski definition) is 0. The molecule has 0 bridgehead atoms. The molecule has 9 aromatic rings. The first kappa shape index (κ1) is 28.0. The molecule has 0 aliphatic rings. The predicted molar refractivity (Wildman–Crippen MR) is 236 cm³/mol. The van der Waals surface area contributed by atoms with Gasteiger partial charge in [0.2, 0.25) is 0 Å². The fourth-order valence-electron chi connectivity index (χ4n) is 6.71. The first-order valence-corrected chi connectivity index (χ1v) is 18.8. The Kier molecular flexibility index (Phi) is 8.50. The van der Waals surface area contributed by atoms with E-state index in [0.29, 0.717) is 56.1 Å². The Morgan fingerprint density at radius 2 is 1.13 bits per heavy atom. The van der Waals surface area contributed by atoms with Crippen molar-refractivity contribution in [2.45, 2.75) is 52.1 Å². The van der Waals surface area contributed by atoms with E-state index >= 15 is 0 Å². The monoisotopic (exact) mass is 966 g/mol. The van der Waals surface area contributed by atoms with Crippen LogP contribution in [0.2, 0.25) is 0 Å². The van der Waals surface area contributed by atoms with Gasteiger partial charge in [0.25, 0.3) is 0 Å². The van der Waals surface area contributed by atoms with Crippen molar-refractivity contribution in [1.82, 2.24) is 15.0 Å². The van der Waals surface area contributed by atoms with Gasteiger partial charge in [-0.15, -0.1) is 90.0 Å². The Balaban J connectivity index is 0.00000693. The van der Waals surface area contributed by atoms with E-state index in [4.69, 9.17) is 4.42 Å². The van der Waals surface area contributed by atoms with Gasteiger partial charge in [-0.3, -0.25) is 0 Å². The molecule has 5 nitrogen and oxygen atoms in total. The van der Waals surface area contributed by atoms with E-state index in [1.165, 1.54) is 42.9 Å². The maximum Gasteiger partial charge on any atom is 3.00 e. The molecule has 0 saturated heterocycles. The van der Waals surface area contributed by atoms with Crippen molar-refractivity contribution in [3.63, 3.8) is 0 Å². The Bertz CT molecular complexity index is 3400. The molecule has 4 heterocycles. The maximum absolute atomic E-state index is 9.63. The second-order valence-electron chi connectivity index (χ2n) is 13.8. The zero-order chi connectivity index (χ0) is 50.9. The minimum atomic E-state index is -3.14. The van der Waals surface area contributed by atoms with Crippen molar-refractivity contribution in [1.29, 1.82) is 5.26 Å². The number of furan rings is 1. The van der Waals surface area contributed by atoms with Crippen LogP contribution in [-0.4, -0.2) is 15.0 Å². The van der Waals surface area contributed by atoms with E-state index in [1.807, 2.05) is 6.07 Å². The third-order valence-corrected chi connectivity index (χ3v) is 9.81. The van der Waals surface area contributed by atoms with Gasteiger partial charge in [0.05, 0.1) is 17.2 Å². The minimum Gasteiger partial charge on any atom is -0.500 e. The second kappa shape index (κ2) is 18.2. The molecule has 0 aliphatic carbocycles. The number of nitrogens with zero attached hydrogens (tertiary/aromatic N) is 4. The summed E-state index contributed by atoms with van der Waals surface area (Å²) in [6.07, 6.45) is -14.6. The fraction of sp³-hybridized carbons (Fsp3) is 0.148. The topological polar surface area (TPSA) is 75.6 Å². The summed E-state index contributed by atoms with van der Waals surface area (Å²) < 4.78 is 119. The SMILES string of the molecule is [2H]C([2H])(c1ccc(-c2[c-]cccc2)nc1)C([2H])([2H])c1cc(C([2H])([2H])C([2H])([2H])c2ccc(-c3[c-]cccc3)nc2)cc(C([2H])([2H])C([2H])([2H])c2cnc(-c3[c-]ccc4c3oc3c(C)c(C#N)ccc34)cc2C)c1.[Ir+3]. The molecular weight excluding hydrogens is 913 g/mol. The molecule has 0 N–H and O–H groups in total. The van der Waals surface area contributed by atoms with Gasteiger partial charge in [-0.1, -0.05) is 71.1 Å². The minimum absolute atomic E-state index is 0. The summed E-state index contributed by atoms with van der Waals surface area (Å²) in [5.74, 6) is 0. The summed E-state index contributed by atoms with van der Waals surface area (Å²) in [5, 5.41) is 11.1. The molecule has 0 saturated carbocycles. The number of aromatic nitrogens is 3. The Morgan fingerprint density at radius 1 is 0.567 bits per heavy atom. The number of pyridine rings is 3. The normalized spacial score (nSPS) is 15.5. The van der Waals surface area contributed by atoms with Crippen molar-refractivity contribution in [2.75, 3.05) is 0 Å². The molecule has 0 unspecified atom stereocenters. The molecular formula is C54H41IrN4O. The second-order valence-corrected chi connectivity index (χ2v) is 13.8. The van der Waals surface area contributed by atoms with Crippen LogP contribution in [0.15, 0.2) is 144 Å². The molecule has 292 valence electrons. The van der Waals surface area contributed by atoms with Crippen LogP contribution in [0.5, 0.6) is 0 Å². The number of hydrogen-bond acceptors (Lipinski definition) is 5. The van der Waals surface area contributed by atoms with Crippen molar-refractivity contribution < 1.29 is 41.0 Å². The average molecular weight is 966 g/mol. The summed E-state index contributed by atoms with van der Waals surface area (Å²) in [5.41, 5.74) is 2.83. The van der Waals surface area contributed by atoms with Gasteiger partial charge in [0.15, 0.2) is 0 Å². The van der Waals surface area contributed by atoms with Crippen molar-refractivity contribution >= 4 is 21.9 Å². The van der Waals surface area contributed by atoms with Crippen LogP contribution in [0.25, 0.3) is 55.7 Å². The number of rotatable bonds is 12. The first-order chi connectivity index (χ1) is 33.5. The van der Waals surface area contributed by atoms with Crippen molar-refractivity contribution in [3.05, 3.63) is 208 Å². The summed E-state index contributed by atoms with van der Waals surface area (Å²) in [6, 6.07) is 42.7. The molecule has 6 heteroatoms. The summed E-state index contributed by atoms with van der Waals surface area (Å²) in [6.45, 7) is 3.36. The van der Waals surface area contributed by atoms with E-state index in [9.17, 15) is 21.7 Å². The molecule has 4 aromatic heterocycles. The molecule has 0 radical (unpaired) electrons. The molecule has 5 aromatic carbocycles. The summed E-state index contributed by atoms with van der Waals surface area (Å²) in [7, 11) is 0. The van der Waals surface area contributed by atoms with E-state index in [-0.39, 0.29) is 42.4 Å². The zero-order valence-corrected chi connectivity index (χ0v) is 34.7. The van der Waals surface area contributed by atoms with Gasteiger partial charge in [0.1, 0.15) is 5.58 Å². The molecule has 9 rings (SSSR count). The van der Waals surface area contributed by atoms with E-state index in [0.717, 1.165) is 29.0 Å². The summed E-state index contributed by atoms with van der Waals surface area (Å²) >= 11 is 0. The standard InChI is InChI=1S/C54H41N4O.Ir/c1-36-28-52(49-15-9-14-47-48-25-24-45(32-55)37(2)53(48)59-54(47)49)58-35-46(36)23-20-42-30-40(18-16-38-21-26-50(56-33-38)43-10-5-3-6-11-43)29-41(31-42)19-17-39-22-27-51(57-34-39)44-12-7-4-8-13-44;/h3-10,12,14,21-22,24-31,33-35H,16-20,23H2,1-2H3;/q-3;+3/i16D2,17D2,18D2,19D2,20D2,23D2;. The molecule has 60 heavy (non-hydrogen) atoms. The Hall–Kier alpha value is -6.51. The quantitative estimate of drug-likeness (QED) is 0.114. The van der Waals surface area contributed by atoms with Crippen LogP contribution in [0.3, 0.4) is 0 Å². The fourth-order valence-corrected chi connectivity index (χ4v) is 6.71. The first-order valence-electron chi connectivity index (χ1n) is 24.8. The van der Waals surface area contributed by atoms with Crippen LogP contribution in [0.1, 0.15) is 66.5 Å². The van der Waals surface area contributed by atoms with E-state index in [1.54, 1.807) is 86.6 Å². The van der Waals surface area contributed by atoms with Gasteiger partial charge in [0, 0.05) is 46.0 Å². The van der Waals surface area contributed by atoms with Gasteiger partial charge >= 0.3 is 20.1 Å². The van der Waals surface area contributed by atoms with Crippen LogP contribution >= 0.6 is 0 Å². The molecule has 0 amide bonds. The maximum atomic E-state index is 9.63. The number of aryl methyl sites for hydroxylation is 8. The van der Waals surface area contributed by atoms with Gasteiger partial charge < -0.3 is 19.4 Å². The predicted octanol–water partition coefficient (Wildman–Crippen LogP) is 12.0. The average Bonchev–Trinajstić information content (AvgIpc) is 3.76. The van der Waals surface area contributed by atoms with Crippen LogP contribution in [0.4, 0.5) is 0 Å². The number of benzene rings is 5. The number of nitriles is 1. The third-order valence-electron chi connectivity index (χ3n) is 9.81. The zero-order valence-electron chi connectivity index (χ0n) is 44.3. The van der Waals surface area contributed by atoms with Gasteiger partial charge in [-0.2, -0.15) is 5.26 Å². The van der Waals surface area contributed by atoms with E-state index < -0.39 is 54.9 Å². The van der Waals surface area contributed by atoms with Crippen molar-refractivity contribution in [2.24, 2.45) is 0 Å². The molecule has 0 atom stereocenters. The molecule has 0 fully saturated rings. The Morgan fingerprint density at radius 3 is 1.67 bits per heavy atom. The Labute approximate surface area is 382 Å².